The van der Waals surface area contributed by atoms with Crippen LogP contribution in [0.1, 0.15) is 11.1 Å². The lowest BCUT2D eigenvalue weighted by Gasteiger charge is -2.11. The average molecular weight is 216 g/mol. The van der Waals surface area contributed by atoms with Crippen molar-refractivity contribution in [3.05, 3.63) is 35.5 Å². The van der Waals surface area contributed by atoms with Crippen LogP contribution >= 0.6 is 0 Å². The lowest BCUT2D eigenvalue weighted by atomic mass is 10.0. The Hall–Kier alpha value is -1.77. The predicted molar refractivity (Wildman–Crippen MR) is 64.7 cm³/mol. The first kappa shape index (κ1) is 10.7. The zero-order valence-electron chi connectivity index (χ0n) is 10.1. The standard InChI is InChI=1S/C13H16N2O/c1-9-8-13(16-4)10(2)7-11(9)12-5-6-14-15(12)3/h5-8H,1-4H3. The maximum Gasteiger partial charge on any atom is 0.122 e. The molecule has 1 aromatic heterocycles. The fourth-order valence-corrected chi connectivity index (χ4v) is 1.92. The average Bonchev–Trinajstić information content (AvgIpc) is 2.67. The monoisotopic (exact) mass is 216 g/mol. The molecule has 3 heteroatoms. The largest absolute Gasteiger partial charge is 0.496 e. The fraction of sp³-hybridized carbons (Fsp3) is 0.308. The molecule has 0 saturated heterocycles. The highest BCUT2D eigenvalue weighted by molar-refractivity contribution is 5.66. The molecule has 16 heavy (non-hydrogen) atoms. The second kappa shape index (κ2) is 4.00. The number of ether oxygens (including phenoxy) is 1. The molecule has 0 aliphatic heterocycles. The molecule has 0 unspecified atom stereocenters. The highest BCUT2D eigenvalue weighted by Gasteiger charge is 2.09. The van der Waals surface area contributed by atoms with Gasteiger partial charge in [-0.15, -0.1) is 0 Å². The van der Waals surface area contributed by atoms with Crippen molar-refractivity contribution in [1.29, 1.82) is 0 Å². The third-order valence-electron chi connectivity index (χ3n) is 2.84. The minimum absolute atomic E-state index is 0.934. The van der Waals surface area contributed by atoms with Crippen molar-refractivity contribution in [2.75, 3.05) is 7.11 Å². The summed E-state index contributed by atoms with van der Waals surface area (Å²) in [6.45, 7) is 4.14. The van der Waals surface area contributed by atoms with E-state index in [0.717, 1.165) is 17.0 Å². The Labute approximate surface area is 95.7 Å². The number of nitrogens with zero attached hydrogens (tertiary/aromatic N) is 2. The number of hydrogen-bond donors (Lipinski definition) is 0. The summed E-state index contributed by atoms with van der Waals surface area (Å²) < 4.78 is 7.19. The van der Waals surface area contributed by atoms with Crippen molar-refractivity contribution in [1.82, 2.24) is 9.78 Å². The Morgan fingerprint density at radius 1 is 1.19 bits per heavy atom. The zero-order chi connectivity index (χ0) is 11.7. The Kier molecular flexibility index (Phi) is 2.69. The number of rotatable bonds is 2. The van der Waals surface area contributed by atoms with Crippen molar-refractivity contribution >= 4 is 0 Å². The molecular formula is C13H16N2O. The normalized spacial score (nSPS) is 10.5. The molecule has 2 rings (SSSR count). The van der Waals surface area contributed by atoms with Gasteiger partial charge in [-0.2, -0.15) is 5.10 Å². The number of benzene rings is 1. The van der Waals surface area contributed by atoms with E-state index in [1.54, 1.807) is 7.11 Å². The van der Waals surface area contributed by atoms with Crippen LogP contribution in [0.5, 0.6) is 5.75 Å². The van der Waals surface area contributed by atoms with Gasteiger partial charge in [-0.1, -0.05) is 0 Å². The molecule has 0 fully saturated rings. The molecular weight excluding hydrogens is 200 g/mol. The minimum atomic E-state index is 0.934. The molecule has 0 radical (unpaired) electrons. The first-order chi connectivity index (χ1) is 7.63. The molecule has 0 atom stereocenters. The van der Waals surface area contributed by atoms with E-state index < -0.39 is 0 Å². The van der Waals surface area contributed by atoms with Gasteiger partial charge in [0, 0.05) is 18.8 Å². The van der Waals surface area contributed by atoms with Gasteiger partial charge in [0.25, 0.3) is 0 Å². The van der Waals surface area contributed by atoms with E-state index >= 15 is 0 Å². The molecule has 0 amide bonds. The van der Waals surface area contributed by atoms with Crippen molar-refractivity contribution in [3.8, 4) is 17.0 Å². The van der Waals surface area contributed by atoms with Crippen molar-refractivity contribution < 1.29 is 4.74 Å². The molecule has 0 aliphatic rings. The molecule has 2 aromatic rings. The van der Waals surface area contributed by atoms with E-state index in [1.165, 1.54) is 11.1 Å². The maximum atomic E-state index is 5.31. The molecule has 1 aromatic carbocycles. The van der Waals surface area contributed by atoms with Crippen LogP contribution in [0.3, 0.4) is 0 Å². The first-order valence-electron chi connectivity index (χ1n) is 5.27. The summed E-state index contributed by atoms with van der Waals surface area (Å²) in [5, 5.41) is 4.19. The van der Waals surface area contributed by atoms with E-state index in [4.69, 9.17) is 4.74 Å². The summed E-state index contributed by atoms with van der Waals surface area (Å²) in [5.41, 5.74) is 4.68. The molecule has 1 heterocycles. The van der Waals surface area contributed by atoms with Gasteiger partial charge in [-0.05, 0) is 43.2 Å². The van der Waals surface area contributed by atoms with Crippen LogP contribution in [0.25, 0.3) is 11.3 Å². The van der Waals surface area contributed by atoms with Crippen LogP contribution in [0.4, 0.5) is 0 Å². The van der Waals surface area contributed by atoms with Crippen molar-refractivity contribution in [2.45, 2.75) is 13.8 Å². The lowest BCUT2D eigenvalue weighted by molar-refractivity contribution is 0.411. The lowest BCUT2D eigenvalue weighted by Crippen LogP contribution is -1.97. The summed E-state index contributed by atoms with van der Waals surface area (Å²) in [5.74, 6) is 0.934. The van der Waals surface area contributed by atoms with Gasteiger partial charge >= 0.3 is 0 Å². The summed E-state index contributed by atoms with van der Waals surface area (Å²) in [7, 11) is 3.65. The van der Waals surface area contributed by atoms with E-state index in [-0.39, 0.29) is 0 Å². The summed E-state index contributed by atoms with van der Waals surface area (Å²) in [6, 6.07) is 6.23. The summed E-state index contributed by atoms with van der Waals surface area (Å²) in [4.78, 5) is 0. The van der Waals surface area contributed by atoms with E-state index in [1.807, 2.05) is 24.0 Å². The van der Waals surface area contributed by atoms with Crippen LogP contribution in [-0.2, 0) is 7.05 Å². The van der Waals surface area contributed by atoms with Gasteiger partial charge in [-0.25, -0.2) is 0 Å². The molecule has 0 aliphatic carbocycles. The highest BCUT2D eigenvalue weighted by Crippen LogP contribution is 2.29. The molecule has 84 valence electrons. The van der Waals surface area contributed by atoms with Gasteiger partial charge in [0.15, 0.2) is 0 Å². The van der Waals surface area contributed by atoms with Gasteiger partial charge < -0.3 is 4.74 Å². The van der Waals surface area contributed by atoms with Gasteiger partial charge in [0.05, 0.1) is 12.8 Å². The van der Waals surface area contributed by atoms with Crippen LogP contribution in [0, 0.1) is 13.8 Å². The smallest absolute Gasteiger partial charge is 0.122 e. The quantitative estimate of drug-likeness (QED) is 0.771. The van der Waals surface area contributed by atoms with E-state index in [2.05, 4.69) is 31.1 Å². The molecule has 3 nitrogen and oxygen atoms in total. The topological polar surface area (TPSA) is 27.1 Å². The van der Waals surface area contributed by atoms with Crippen LogP contribution < -0.4 is 4.74 Å². The number of hydrogen-bond acceptors (Lipinski definition) is 2. The van der Waals surface area contributed by atoms with Gasteiger partial charge in [0.1, 0.15) is 5.75 Å². The van der Waals surface area contributed by atoms with Gasteiger partial charge in [0.2, 0.25) is 0 Å². The van der Waals surface area contributed by atoms with Crippen LogP contribution in [0.15, 0.2) is 24.4 Å². The molecule has 0 N–H and O–H groups in total. The summed E-state index contributed by atoms with van der Waals surface area (Å²) >= 11 is 0. The number of aromatic nitrogens is 2. The fourth-order valence-electron chi connectivity index (χ4n) is 1.92. The Balaban J connectivity index is 2.59. The van der Waals surface area contributed by atoms with Crippen LogP contribution in [0.2, 0.25) is 0 Å². The maximum absolute atomic E-state index is 5.31. The minimum Gasteiger partial charge on any atom is -0.496 e. The third kappa shape index (κ3) is 1.69. The molecule has 0 bridgehead atoms. The Morgan fingerprint density at radius 3 is 2.50 bits per heavy atom. The molecule has 0 spiro atoms. The summed E-state index contributed by atoms with van der Waals surface area (Å²) in [6.07, 6.45) is 1.81. The SMILES string of the molecule is COc1cc(C)c(-c2ccnn2C)cc1C. The number of aryl methyl sites for hydroxylation is 3. The van der Waals surface area contributed by atoms with E-state index in [9.17, 15) is 0 Å². The molecule has 0 saturated carbocycles. The first-order valence-corrected chi connectivity index (χ1v) is 5.27. The highest BCUT2D eigenvalue weighted by atomic mass is 16.5. The van der Waals surface area contributed by atoms with E-state index in [0.29, 0.717) is 0 Å². The second-order valence-electron chi connectivity index (χ2n) is 3.98. The Bertz CT molecular complexity index is 515. The Morgan fingerprint density at radius 2 is 1.94 bits per heavy atom. The van der Waals surface area contributed by atoms with Crippen molar-refractivity contribution in [2.24, 2.45) is 7.05 Å². The van der Waals surface area contributed by atoms with Crippen LogP contribution in [-0.4, -0.2) is 16.9 Å². The number of methoxy groups -OCH3 is 1. The van der Waals surface area contributed by atoms with Gasteiger partial charge in [-0.3, -0.25) is 4.68 Å². The third-order valence-corrected chi connectivity index (χ3v) is 2.84. The zero-order valence-corrected chi connectivity index (χ0v) is 10.1. The predicted octanol–water partition coefficient (Wildman–Crippen LogP) is 2.71. The second-order valence-corrected chi connectivity index (χ2v) is 3.98. The van der Waals surface area contributed by atoms with Crippen molar-refractivity contribution in [3.63, 3.8) is 0 Å².